The van der Waals surface area contributed by atoms with Gasteiger partial charge in [0.15, 0.2) is 5.82 Å². The number of carbonyl (C=O) groups is 2. The molecule has 0 fully saturated rings. The Morgan fingerprint density at radius 3 is 2.83 bits per heavy atom. The highest BCUT2D eigenvalue weighted by Gasteiger charge is 2.25. The molecule has 0 saturated heterocycles. The van der Waals surface area contributed by atoms with Crippen LogP contribution in [0.1, 0.15) is 33.6 Å². The maximum Gasteiger partial charge on any atom is 0.251 e. The first kappa shape index (κ1) is 21.2. The molecular formula is C19H17Cl2N5O2S2. The van der Waals surface area contributed by atoms with E-state index in [1.807, 2.05) is 0 Å². The maximum absolute atomic E-state index is 12.5. The Balaban J connectivity index is 1.42. The number of thiophene rings is 1. The number of amides is 2. The second kappa shape index (κ2) is 8.97. The molecule has 0 unspecified atom stereocenters. The number of anilines is 1. The Morgan fingerprint density at radius 2 is 2.07 bits per heavy atom. The average Bonchev–Trinajstić information content (AvgIpc) is 3.30. The monoisotopic (exact) mass is 481 g/mol. The Bertz CT molecular complexity index is 1130. The number of aryl methyl sites for hydroxylation is 1. The van der Waals surface area contributed by atoms with Crippen molar-refractivity contribution in [2.75, 3.05) is 11.1 Å². The molecule has 1 aliphatic rings. The van der Waals surface area contributed by atoms with Crippen molar-refractivity contribution in [3.05, 3.63) is 44.2 Å². The molecule has 3 aromatic rings. The van der Waals surface area contributed by atoms with Crippen LogP contribution in [0.5, 0.6) is 0 Å². The van der Waals surface area contributed by atoms with Crippen molar-refractivity contribution >= 4 is 63.1 Å². The van der Waals surface area contributed by atoms with E-state index in [0.717, 1.165) is 36.1 Å². The van der Waals surface area contributed by atoms with Gasteiger partial charge < -0.3 is 11.1 Å². The van der Waals surface area contributed by atoms with Gasteiger partial charge in [-0.2, -0.15) is 0 Å². The van der Waals surface area contributed by atoms with Crippen molar-refractivity contribution in [2.45, 2.75) is 30.8 Å². The first-order valence-corrected chi connectivity index (χ1v) is 11.7. The highest BCUT2D eigenvalue weighted by atomic mass is 35.5. The molecule has 1 aliphatic carbocycles. The number of fused-ring (bicyclic) bond motifs is 1. The summed E-state index contributed by atoms with van der Waals surface area (Å²) in [4.78, 5) is 29.9. The molecule has 0 atom stereocenters. The highest BCUT2D eigenvalue weighted by Crippen LogP contribution is 2.38. The van der Waals surface area contributed by atoms with Gasteiger partial charge in [0.2, 0.25) is 11.1 Å². The topological polar surface area (TPSA) is 114 Å². The number of primary amides is 1. The minimum Gasteiger partial charge on any atom is -0.365 e. The normalized spacial score (nSPS) is 13.1. The zero-order valence-electron chi connectivity index (χ0n) is 15.6. The number of carbonyl (C=O) groups excluding carboxylic acids is 2. The Hall–Kier alpha value is -2.07. The van der Waals surface area contributed by atoms with Crippen LogP contribution in [-0.2, 0) is 17.6 Å². The van der Waals surface area contributed by atoms with Gasteiger partial charge in [-0.25, -0.2) is 4.98 Å². The third-order valence-corrected chi connectivity index (χ3v) is 7.26. The number of benzene rings is 1. The van der Waals surface area contributed by atoms with Crippen molar-refractivity contribution < 1.29 is 9.59 Å². The number of nitrogens with zero attached hydrogens (tertiary/aromatic N) is 2. The number of aromatic amines is 1. The van der Waals surface area contributed by atoms with Gasteiger partial charge in [0.1, 0.15) is 5.00 Å². The van der Waals surface area contributed by atoms with Crippen LogP contribution in [0.15, 0.2) is 23.4 Å². The second-order valence-corrected chi connectivity index (χ2v) is 9.60. The summed E-state index contributed by atoms with van der Waals surface area (Å²) in [5.74, 6) is -0.179. The van der Waals surface area contributed by atoms with E-state index in [9.17, 15) is 9.59 Å². The zero-order chi connectivity index (χ0) is 21.3. The molecule has 30 heavy (non-hydrogen) atoms. The molecule has 0 radical (unpaired) electrons. The first-order valence-electron chi connectivity index (χ1n) is 9.17. The first-order chi connectivity index (χ1) is 14.4. The summed E-state index contributed by atoms with van der Waals surface area (Å²) in [7, 11) is 0. The molecule has 2 aromatic heterocycles. The molecule has 4 N–H and O–H groups in total. The number of rotatable bonds is 6. The zero-order valence-corrected chi connectivity index (χ0v) is 18.8. The fourth-order valence-corrected chi connectivity index (χ4v) is 5.73. The number of thioether (sulfide) groups is 1. The fraction of sp³-hybridized carbons (Fsp3) is 0.263. The number of hydrogen-bond acceptors (Lipinski definition) is 6. The fourth-order valence-electron chi connectivity index (χ4n) is 3.32. The van der Waals surface area contributed by atoms with Crippen molar-refractivity contribution in [1.82, 2.24) is 15.2 Å². The van der Waals surface area contributed by atoms with E-state index in [1.165, 1.54) is 23.1 Å². The Morgan fingerprint density at radius 1 is 1.27 bits per heavy atom. The van der Waals surface area contributed by atoms with E-state index in [-0.39, 0.29) is 11.7 Å². The number of halogens is 2. The molecule has 2 heterocycles. The largest absolute Gasteiger partial charge is 0.365 e. The molecule has 7 nitrogen and oxygen atoms in total. The smallest absolute Gasteiger partial charge is 0.251 e. The molecule has 0 aliphatic heterocycles. The van der Waals surface area contributed by atoms with E-state index in [4.69, 9.17) is 28.9 Å². The van der Waals surface area contributed by atoms with E-state index >= 15 is 0 Å². The maximum atomic E-state index is 12.5. The lowest BCUT2D eigenvalue weighted by molar-refractivity contribution is -0.113. The summed E-state index contributed by atoms with van der Waals surface area (Å²) in [6.45, 7) is 0. The predicted molar refractivity (Wildman–Crippen MR) is 121 cm³/mol. The van der Waals surface area contributed by atoms with Crippen LogP contribution in [-0.4, -0.2) is 32.7 Å². The molecule has 0 bridgehead atoms. The summed E-state index contributed by atoms with van der Waals surface area (Å²) >= 11 is 14.7. The summed E-state index contributed by atoms with van der Waals surface area (Å²) < 4.78 is 0. The van der Waals surface area contributed by atoms with Gasteiger partial charge in [0.05, 0.1) is 16.3 Å². The number of nitrogens with two attached hydrogens (primary N) is 1. The number of hydrogen-bond donors (Lipinski definition) is 3. The summed E-state index contributed by atoms with van der Waals surface area (Å²) in [6.07, 6.45) is 3.85. The average molecular weight is 482 g/mol. The van der Waals surface area contributed by atoms with Crippen molar-refractivity contribution in [3.63, 3.8) is 0 Å². The number of aromatic nitrogens is 3. The molecule has 2 amide bonds. The van der Waals surface area contributed by atoms with Gasteiger partial charge in [0, 0.05) is 15.5 Å². The van der Waals surface area contributed by atoms with Crippen LogP contribution in [0.2, 0.25) is 10.0 Å². The minimum atomic E-state index is -0.504. The van der Waals surface area contributed by atoms with Crippen LogP contribution >= 0.6 is 46.3 Å². The lowest BCUT2D eigenvalue weighted by Crippen LogP contribution is -2.19. The van der Waals surface area contributed by atoms with Gasteiger partial charge >= 0.3 is 0 Å². The van der Waals surface area contributed by atoms with Gasteiger partial charge in [-0.3, -0.25) is 14.7 Å². The number of nitrogens with one attached hydrogen (secondary N) is 2. The SMILES string of the molecule is NC(=O)c1c(NC(=O)CSc2n[nH]c(-c3ccc(Cl)cc3Cl)n2)sc2c1CCCC2. The molecule has 0 saturated carbocycles. The lowest BCUT2D eigenvalue weighted by atomic mass is 9.95. The molecule has 156 valence electrons. The molecule has 4 rings (SSSR count). The van der Waals surface area contributed by atoms with Gasteiger partial charge in [-0.15, -0.1) is 16.4 Å². The van der Waals surface area contributed by atoms with Crippen LogP contribution in [0.25, 0.3) is 11.4 Å². The third-order valence-electron chi connectivity index (χ3n) is 4.65. The van der Waals surface area contributed by atoms with Gasteiger partial charge in [0.25, 0.3) is 5.91 Å². The molecule has 0 spiro atoms. The third kappa shape index (κ3) is 4.49. The Kier molecular flexibility index (Phi) is 6.33. The number of H-pyrrole nitrogens is 1. The van der Waals surface area contributed by atoms with E-state index in [0.29, 0.717) is 37.2 Å². The predicted octanol–water partition coefficient (Wildman–Crippen LogP) is 4.55. The highest BCUT2D eigenvalue weighted by molar-refractivity contribution is 7.99. The molecular weight excluding hydrogens is 465 g/mol. The molecule has 11 heteroatoms. The van der Waals surface area contributed by atoms with Crippen LogP contribution in [0.4, 0.5) is 5.00 Å². The standard InChI is InChI=1S/C19H17Cl2N5O2S2/c20-9-5-6-10(12(21)7-9)17-24-19(26-25-17)29-8-14(27)23-18-15(16(22)28)11-3-1-2-4-13(11)30-18/h5-7H,1-4,8H2,(H2,22,28)(H,23,27)(H,24,25,26). The van der Waals surface area contributed by atoms with E-state index < -0.39 is 5.91 Å². The molecule has 1 aromatic carbocycles. The van der Waals surface area contributed by atoms with Crippen LogP contribution in [0, 0.1) is 0 Å². The van der Waals surface area contributed by atoms with E-state index in [1.54, 1.807) is 18.2 Å². The summed E-state index contributed by atoms with van der Waals surface area (Å²) in [5, 5.41) is 11.7. The van der Waals surface area contributed by atoms with Crippen molar-refractivity contribution in [1.29, 1.82) is 0 Å². The summed E-state index contributed by atoms with van der Waals surface area (Å²) in [6, 6.07) is 5.08. The Labute approximate surface area is 190 Å². The quantitative estimate of drug-likeness (QED) is 0.446. The van der Waals surface area contributed by atoms with Crippen molar-refractivity contribution in [3.8, 4) is 11.4 Å². The lowest BCUT2D eigenvalue weighted by Gasteiger charge is -2.11. The summed E-state index contributed by atoms with van der Waals surface area (Å²) in [5.41, 5.74) is 7.67. The van der Waals surface area contributed by atoms with E-state index in [2.05, 4.69) is 20.5 Å². The van der Waals surface area contributed by atoms with Crippen LogP contribution in [0.3, 0.4) is 0 Å². The van der Waals surface area contributed by atoms with Gasteiger partial charge in [-0.05, 0) is 49.4 Å². The minimum absolute atomic E-state index is 0.0897. The van der Waals surface area contributed by atoms with Crippen molar-refractivity contribution in [2.24, 2.45) is 5.73 Å². The second-order valence-electron chi connectivity index (χ2n) is 6.71. The van der Waals surface area contributed by atoms with Gasteiger partial charge in [-0.1, -0.05) is 35.0 Å². The van der Waals surface area contributed by atoms with Crippen LogP contribution < -0.4 is 11.1 Å².